The summed E-state index contributed by atoms with van der Waals surface area (Å²) in [6.07, 6.45) is 6.54. The Bertz CT molecular complexity index is 986. The van der Waals surface area contributed by atoms with Gasteiger partial charge in [-0.1, -0.05) is 0 Å². The van der Waals surface area contributed by atoms with Crippen LogP contribution in [-0.4, -0.2) is 45.3 Å². The molecular weight excluding hydrogens is 443 g/mol. The van der Waals surface area contributed by atoms with Gasteiger partial charge in [-0.25, -0.2) is 9.67 Å². The van der Waals surface area contributed by atoms with Gasteiger partial charge in [0.1, 0.15) is 12.5 Å². The van der Waals surface area contributed by atoms with E-state index in [1.807, 2.05) is 13.2 Å². The number of carbonyl (C=O) groups excluding carboxylic acids is 1. The Labute approximate surface area is 198 Å². The molecule has 0 unspecified atom stereocenters. The van der Waals surface area contributed by atoms with Crippen molar-refractivity contribution in [1.82, 2.24) is 14.8 Å². The number of nitrogens with two attached hydrogens (primary N) is 2. The van der Waals surface area contributed by atoms with E-state index in [2.05, 4.69) is 15.4 Å². The molecule has 0 aromatic carbocycles. The zero-order valence-corrected chi connectivity index (χ0v) is 20.3. The van der Waals surface area contributed by atoms with Crippen LogP contribution in [0.15, 0.2) is 6.07 Å². The SMILES string of the molecule is CSCCOCn1nc(C)c(-c2c(N)cc(NC(=O)[C@@H](N)C(C3CC3)C3CC3)nc2F)c1C. The number of hydrogen-bond donors (Lipinski definition) is 3. The van der Waals surface area contributed by atoms with Gasteiger partial charge in [-0.05, 0) is 63.5 Å². The Morgan fingerprint density at radius 1 is 1.30 bits per heavy atom. The average Bonchev–Trinajstić information content (AvgIpc) is 3.68. The van der Waals surface area contributed by atoms with Gasteiger partial charge in [0, 0.05) is 28.8 Å². The van der Waals surface area contributed by atoms with Crippen molar-refractivity contribution in [2.24, 2.45) is 23.5 Å². The van der Waals surface area contributed by atoms with Crippen molar-refractivity contribution >= 4 is 29.2 Å². The standard InChI is InChI=1S/C23H33FN6O2S/c1-12-18(13(2)30(29-12)11-32-8-9-33-3)20-16(25)10-17(27-22(20)24)28-23(31)21(26)19(14-4-5-14)15-6-7-15/h10,14-15,19,21H,4-9,11,26H2,1-3H3,(H3,25,27,28,31)/t21-/m0/s1. The number of thioether (sulfide) groups is 1. The van der Waals surface area contributed by atoms with Crippen LogP contribution >= 0.6 is 11.8 Å². The number of aryl methyl sites for hydroxylation is 1. The number of carbonyl (C=O) groups is 1. The summed E-state index contributed by atoms with van der Waals surface area (Å²) < 4.78 is 22.5. The molecule has 2 saturated carbocycles. The molecule has 33 heavy (non-hydrogen) atoms. The highest BCUT2D eigenvalue weighted by molar-refractivity contribution is 7.98. The predicted octanol–water partition coefficient (Wildman–Crippen LogP) is 3.32. The first-order valence-electron chi connectivity index (χ1n) is 11.4. The number of nitrogens with zero attached hydrogens (tertiary/aromatic N) is 3. The molecule has 2 heterocycles. The summed E-state index contributed by atoms with van der Waals surface area (Å²) in [6, 6.07) is 0.863. The third kappa shape index (κ3) is 5.33. The van der Waals surface area contributed by atoms with E-state index in [0.29, 0.717) is 29.7 Å². The molecule has 0 spiro atoms. The maximum absolute atomic E-state index is 15.2. The lowest BCUT2D eigenvalue weighted by molar-refractivity contribution is -0.118. The van der Waals surface area contributed by atoms with E-state index in [-0.39, 0.29) is 35.6 Å². The zero-order chi connectivity index (χ0) is 23.7. The van der Waals surface area contributed by atoms with Crippen LogP contribution in [0.3, 0.4) is 0 Å². The topological polar surface area (TPSA) is 121 Å². The number of aromatic nitrogens is 3. The van der Waals surface area contributed by atoms with Gasteiger partial charge >= 0.3 is 0 Å². The molecule has 5 N–H and O–H groups in total. The second-order valence-corrected chi connectivity index (χ2v) is 10.1. The molecule has 1 amide bonds. The van der Waals surface area contributed by atoms with Gasteiger partial charge in [-0.3, -0.25) is 4.79 Å². The zero-order valence-electron chi connectivity index (χ0n) is 19.4. The van der Waals surface area contributed by atoms with Crippen LogP contribution in [0.5, 0.6) is 0 Å². The summed E-state index contributed by atoms with van der Waals surface area (Å²) in [5.41, 5.74) is 14.8. The van der Waals surface area contributed by atoms with E-state index >= 15 is 4.39 Å². The minimum atomic E-state index is -0.756. The Morgan fingerprint density at radius 3 is 2.55 bits per heavy atom. The Kier molecular flexibility index (Phi) is 7.25. The monoisotopic (exact) mass is 476 g/mol. The molecule has 0 aliphatic heterocycles. The van der Waals surface area contributed by atoms with Gasteiger partial charge in [0.25, 0.3) is 0 Å². The number of pyridine rings is 1. The highest BCUT2D eigenvalue weighted by Crippen LogP contribution is 2.50. The lowest BCUT2D eigenvalue weighted by Gasteiger charge is -2.22. The number of rotatable bonds is 11. The van der Waals surface area contributed by atoms with Crippen LogP contribution in [0.1, 0.15) is 37.1 Å². The van der Waals surface area contributed by atoms with E-state index in [0.717, 1.165) is 37.1 Å². The van der Waals surface area contributed by atoms with Gasteiger partial charge in [0.15, 0.2) is 0 Å². The van der Waals surface area contributed by atoms with Gasteiger partial charge in [-0.2, -0.15) is 21.3 Å². The highest BCUT2D eigenvalue weighted by Gasteiger charge is 2.46. The molecule has 2 fully saturated rings. The fourth-order valence-electron chi connectivity index (χ4n) is 4.64. The Balaban J connectivity index is 1.50. The van der Waals surface area contributed by atoms with Crippen molar-refractivity contribution in [2.75, 3.05) is 29.7 Å². The normalized spacial score (nSPS) is 16.9. The summed E-state index contributed by atoms with van der Waals surface area (Å²) >= 11 is 1.70. The van der Waals surface area contributed by atoms with Crippen molar-refractivity contribution in [1.29, 1.82) is 0 Å². The summed E-state index contributed by atoms with van der Waals surface area (Å²) in [5, 5.41) is 7.16. The molecule has 0 bridgehead atoms. The second kappa shape index (κ2) is 9.99. The molecule has 2 aliphatic carbocycles. The van der Waals surface area contributed by atoms with Crippen LogP contribution in [-0.2, 0) is 16.3 Å². The van der Waals surface area contributed by atoms with E-state index in [9.17, 15) is 4.79 Å². The first-order chi connectivity index (χ1) is 15.8. The van der Waals surface area contributed by atoms with Crippen LogP contribution < -0.4 is 16.8 Å². The van der Waals surface area contributed by atoms with Crippen LogP contribution in [0.25, 0.3) is 11.1 Å². The lowest BCUT2D eigenvalue weighted by atomic mass is 9.89. The molecule has 2 aromatic heterocycles. The Morgan fingerprint density at radius 2 is 1.97 bits per heavy atom. The fourth-order valence-corrected chi connectivity index (χ4v) is 4.92. The third-order valence-corrected chi connectivity index (χ3v) is 7.16. The predicted molar refractivity (Wildman–Crippen MR) is 129 cm³/mol. The lowest BCUT2D eigenvalue weighted by Crippen LogP contribution is -2.44. The average molecular weight is 477 g/mol. The number of anilines is 2. The molecule has 180 valence electrons. The number of nitrogens with one attached hydrogen (secondary N) is 1. The molecule has 2 aromatic rings. The molecule has 2 aliphatic rings. The number of nitrogen functional groups attached to an aromatic ring is 1. The van der Waals surface area contributed by atoms with Crippen molar-refractivity contribution in [3.05, 3.63) is 23.4 Å². The first-order valence-corrected chi connectivity index (χ1v) is 12.8. The van der Waals surface area contributed by atoms with Crippen LogP contribution in [0.4, 0.5) is 15.9 Å². The number of ether oxygens (including phenoxy) is 1. The largest absolute Gasteiger partial charge is 0.398 e. The summed E-state index contributed by atoms with van der Waals surface area (Å²) in [5.74, 6) is 1.12. The molecule has 1 atom stereocenters. The highest BCUT2D eigenvalue weighted by atomic mass is 32.2. The van der Waals surface area contributed by atoms with Crippen LogP contribution in [0, 0.1) is 37.5 Å². The van der Waals surface area contributed by atoms with Gasteiger partial charge in [0.05, 0.1) is 23.9 Å². The summed E-state index contributed by atoms with van der Waals surface area (Å²) in [6.45, 7) is 4.52. The van der Waals surface area contributed by atoms with E-state index in [1.165, 1.54) is 6.07 Å². The molecule has 0 radical (unpaired) electrons. The van der Waals surface area contributed by atoms with Crippen molar-refractivity contribution < 1.29 is 13.9 Å². The van der Waals surface area contributed by atoms with Gasteiger partial charge in [-0.15, -0.1) is 0 Å². The number of halogens is 1. The maximum atomic E-state index is 15.2. The quantitative estimate of drug-likeness (QED) is 0.336. The molecule has 4 rings (SSSR count). The van der Waals surface area contributed by atoms with Crippen LogP contribution in [0.2, 0.25) is 0 Å². The van der Waals surface area contributed by atoms with Crippen molar-refractivity contribution in [3.63, 3.8) is 0 Å². The van der Waals surface area contributed by atoms with E-state index in [1.54, 1.807) is 23.4 Å². The van der Waals surface area contributed by atoms with Gasteiger partial charge < -0.3 is 21.5 Å². The minimum Gasteiger partial charge on any atom is -0.398 e. The number of amides is 1. The fraction of sp³-hybridized carbons (Fsp3) is 0.609. The van der Waals surface area contributed by atoms with Gasteiger partial charge in [0.2, 0.25) is 11.9 Å². The maximum Gasteiger partial charge on any atom is 0.242 e. The smallest absolute Gasteiger partial charge is 0.242 e. The van der Waals surface area contributed by atoms with E-state index < -0.39 is 12.0 Å². The van der Waals surface area contributed by atoms with Crippen molar-refractivity contribution in [3.8, 4) is 11.1 Å². The van der Waals surface area contributed by atoms with Crippen molar-refractivity contribution in [2.45, 2.75) is 52.3 Å². The Hall–Kier alpha value is -2.17. The molecule has 10 heteroatoms. The summed E-state index contributed by atoms with van der Waals surface area (Å²) in [4.78, 5) is 16.8. The summed E-state index contributed by atoms with van der Waals surface area (Å²) in [7, 11) is 0. The van der Waals surface area contributed by atoms with E-state index in [4.69, 9.17) is 16.2 Å². The third-order valence-electron chi connectivity index (χ3n) is 6.58. The second-order valence-electron chi connectivity index (χ2n) is 9.11. The minimum absolute atomic E-state index is 0.0719. The first kappa shape index (κ1) is 24.0. The molecule has 8 nitrogen and oxygen atoms in total. The molecular formula is C23H33FN6O2S. The molecule has 0 saturated heterocycles. The number of hydrogen-bond acceptors (Lipinski definition) is 7.